The maximum absolute atomic E-state index is 11.6. The fourth-order valence-electron chi connectivity index (χ4n) is 2.64. The lowest BCUT2D eigenvalue weighted by molar-refractivity contribution is 0.0652. The van der Waals surface area contributed by atoms with Crippen LogP contribution in [0.25, 0.3) is 11.3 Å². The van der Waals surface area contributed by atoms with Gasteiger partial charge in [-0.15, -0.1) is 11.8 Å². The lowest BCUT2D eigenvalue weighted by atomic mass is 10.0. The first-order valence-electron chi connectivity index (χ1n) is 6.37. The van der Waals surface area contributed by atoms with Gasteiger partial charge in [0, 0.05) is 11.4 Å². The minimum Gasteiger partial charge on any atom is -0.478 e. The van der Waals surface area contributed by atoms with E-state index in [2.05, 4.69) is 0 Å². The quantitative estimate of drug-likeness (QED) is 0.911. The number of fused-ring (bicyclic) bond motifs is 1. The Kier molecular flexibility index (Phi) is 3.25. The molecule has 0 bridgehead atoms. The van der Waals surface area contributed by atoms with Crippen molar-refractivity contribution in [3.63, 3.8) is 0 Å². The molecule has 1 aromatic carbocycles. The van der Waals surface area contributed by atoms with Crippen LogP contribution in [0.5, 0.6) is 0 Å². The summed E-state index contributed by atoms with van der Waals surface area (Å²) in [6.45, 7) is 1.95. The van der Waals surface area contributed by atoms with Gasteiger partial charge < -0.3 is 14.8 Å². The SMILES string of the molecule is Cc1ccc(-c2c(C(=O)O)c(C(=O)O)c3n2CSC3)cc1. The summed E-state index contributed by atoms with van der Waals surface area (Å²) in [6, 6.07) is 7.45. The van der Waals surface area contributed by atoms with Crippen LogP contribution in [-0.4, -0.2) is 26.7 Å². The largest absolute Gasteiger partial charge is 0.478 e. The first-order chi connectivity index (χ1) is 10.0. The molecule has 6 heteroatoms. The monoisotopic (exact) mass is 303 g/mol. The summed E-state index contributed by atoms with van der Waals surface area (Å²) in [4.78, 5) is 23.1. The number of carboxylic acid groups (broad SMARTS) is 2. The molecule has 2 heterocycles. The molecule has 0 saturated carbocycles. The Labute approximate surface area is 125 Å². The Morgan fingerprint density at radius 2 is 1.71 bits per heavy atom. The highest BCUT2D eigenvalue weighted by Crippen LogP contribution is 2.39. The molecular formula is C15H13NO4S. The number of hydrogen-bond acceptors (Lipinski definition) is 3. The Morgan fingerprint density at radius 3 is 2.29 bits per heavy atom. The first-order valence-corrected chi connectivity index (χ1v) is 7.53. The number of aromatic nitrogens is 1. The molecule has 0 radical (unpaired) electrons. The van der Waals surface area contributed by atoms with E-state index in [4.69, 9.17) is 0 Å². The van der Waals surface area contributed by atoms with Gasteiger partial charge in [-0.3, -0.25) is 0 Å². The number of rotatable bonds is 3. The number of thioether (sulfide) groups is 1. The molecule has 1 aliphatic rings. The van der Waals surface area contributed by atoms with Gasteiger partial charge in [-0.1, -0.05) is 29.8 Å². The maximum atomic E-state index is 11.6. The second-order valence-electron chi connectivity index (χ2n) is 4.93. The normalized spacial score (nSPS) is 13.2. The summed E-state index contributed by atoms with van der Waals surface area (Å²) in [5.41, 5.74) is 2.68. The molecule has 21 heavy (non-hydrogen) atoms. The van der Waals surface area contributed by atoms with Crippen LogP contribution in [-0.2, 0) is 11.6 Å². The van der Waals surface area contributed by atoms with Gasteiger partial charge in [0.15, 0.2) is 0 Å². The summed E-state index contributed by atoms with van der Waals surface area (Å²) in [7, 11) is 0. The van der Waals surface area contributed by atoms with Crippen molar-refractivity contribution in [2.75, 3.05) is 0 Å². The highest BCUT2D eigenvalue weighted by atomic mass is 32.2. The number of aromatic carboxylic acids is 2. The van der Waals surface area contributed by atoms with E-state index in [0.717, 1.165) is 11.1 Å². The second kappa shape index (κ2) is 4.96. The first kappa shape index (κ1) is 13.8. The van der Waals surface area contributed by atoms with E-state index < -0.39 is 11.9 Å². The highest BCUT2D eigenvalue weighted by molar-refractivity contribution is 7.97. The standard InChI is InChI=1S/C15H13NO4S/c1-8-2-4-9(5-3-8)13-12(15(19)20)11(14(17)18)10-6-21-7-16(10)13/h2-5H,6-7H2,1H3,(H,17,18)(H,19,20). The van der Waals surface area contributed by atoms with Crippen molar-refractivity contribution in [2.45, 2.75) is 18.6 Å². The summed E-state index contributed by atoms with van der Waals surface area (Å²) in [5, 5.41) is 18.9. The van der Waals surface area contributed by atoms with Crippen LogP contribution in [0.4, 0.5) is 0 Å². The van der Waals surface area contributed by atoms with E-state index in [0.29, 0.717) is 23.0 Å². The smallest absolute Gasteiger partial charge is 0.338 e. The molecule has 1 aromatic heterocycles. The Hall–Kier alpha value is -2.21. The zero-order valence-electron chi connectivity index (χ0n) is 11.3. The fourth-order valence-corrected chi connectivity index (χ4v) is 3.70. The number of carbonyl (C=O) groups is 2. The van der Waals surface area contributed by atoms with Crippen LogP contribution in [0.2, 0.25) is 0 Å². The minimum atomic E-state index is -1.20. The van der Waals surface area contributed by atoms with Gasteiger partial charge in [0.25, 0.3) is 0 Å². The van der Waals surface area contributed by atoms with E-state index in [1.54, 1.807) is 11.8 Å². The zero-order chi connectivity index (χ0) is 15.1. The lowest BCUT2D eigenvalue weighted by Crippen LogP contribution is -2.08. The number of hydrogen-bond donors (Lipinski definition) is 2. The zero-order valence-corrected chi connectivity index (χ0v) is 12.1. The van der Waals surface area contributed by atoms with Gasteiger partial charge >= 0.3 is 11.9 Å². The number of aryl methyl sites for hydroxylation is 1. The van der Waals surface area contributed by atoms with Crippen LogP contribution in [0.3, 0.4) is 0 Å². The molecule has 0 atom stereocenters. The van der Waals surface area contributed by atoms with Gasteiger partial charge in [0.1, 0.15) is 5.56 Å². The van der Waals surface area contributed by atoms with Crippen molar-refractivity contribution in [3.05, 3.63) is 46.6 Å². The summed E-state index contributed by atoms with van der Waals surface area (Å²) >= 11 is 1.58. The Morgan fingerprint density at radius 1 is 1.10 bits per heavy atom. The maximum Gasteiger partial charge on any atom is 0.338 e. The van der Waals surface area contributed by atoms with Crippen molar-refractivity contribution in [3.8, 4) is 11.3 Å². The number of nitrogens with zero attached hydrogens (tertiary/aromatic N) is 1. The van der Waals surface area contributed by atoms with Crippen molar-refractivity contribution < 1.29 is 19.8 Å². The summed E-state index contributed by atoms with van der Waals surface area (Å²) < 4.78 is 1.81. The van der Waals surface area contributed by atoms with Crippen molar-refractivity contribution in [1.29, 1.82) is 0 Å². The van der Waals surface area contributed by atoms with Gasteiger partial charge in [-0.2, -0.15) is 0 Å². The van der Waals surface area contributed by atoms with Crippen LogP contribution in [0.1, 0.15) is 32.0 Å². The number of benzene rings is 1. The molecule has 2 aromatic rings. The molecule has 3 rings (SSSR count). The third kappa shape index (κ3) is 2.12. The average molecular weight is 303 g/mol. The molecule has 5 nitrogen and oxygen atoms in total. The molecule has 0 fully saturated rings. The van der Waals surface area contributed by atoms with Crippen molar-refractivity contribution in [1.82, 2.24) is 4.57 Å². The minimum absolute atomic E-state index is 0.0805. The molecule has 0 spiro atoms. The average Bonchev–Trinajstić information content (AvgIpc) is 2.98. The van der Waals surface area contributed by atoms with E-state index >= 15 is 0 Å². The van der Waals surface area contributed by atoms with Crippen molar-refractivity contribution in [2.24, 2.45) is 0 Å². The third-order valence-corrected chi connectivity index (χ3v) is 4.50. The molecule has 0 amide bonds. The molecule has 2 N–H and O–H groups in total. The van der Waals surface area contributed by atoms with Crippen LogP contribution >= 0.6 is 11.8 Å². The third-order valence-electron chi connectivity index (χ3n) is 3.58. The molecule has 1 aliphatic heterocycles. The fraction of sp³-hybridized carbons (Fsp3) is 0.200. The van der Waals surface area contributed by atoms with Crippen molar-refractivity contribution >= 4 is 23.7 Å². The van der Waals surface area contributed by atoms with E-state index in [-0.39, 0.29) is 11.1 Å². The molecule has 0 unspecified atom stereocenters. The topological polar surface area (TPSA) is 79.5 Å². The predicted molar refractivity (Wildman–Crippen MR) is 79.8 cm³/mol. The summed E-state index contributed by atoms with van der Waals surface area (Å²) in [6.07, 6.45) is 0. The molecule has 108 valence electrons. The van der Waals surface area contributed by atoms with Crippen LogP contribution < -0.4 is 0 Å². The summed E-state index contributed by atoms with van der Waals surface area (Å²) in [5.74, 6) is -1.29. The van der Waals surface area contributed by atoms with Gasteiger partial charge in [0.2, 0.25) is 0 Å². The second-order valence-corrected chi connectivity index (χ2v) is 5.88. The van der Waals surface area contributed by atoms with Gasteiger partial charge in [0.05, 0.1) is 17.1 Å². The van der Waals surface area contributed by atoms with E-state index in [1.165, 1.54) is 0 Å². The van der Waals surface area contributed by atoms with Crippen LogP contribution in [0.15, 0.2) is 24.3 Å². The lowest BCUT2D eigenvalue weighted by Gasteiger charge is -2.08. The highest BCUT2D eigenvalue weighted by Gasteiger charge is 2.33. The van der Waals surface area contributed by atoms with Crippen LogP contribution in [0, 0.1) is 6.92 Å². The predicted octanol–water partition coefficient (Wildman–Crippen LogP) is 3.06. The van der Waals surface area contributed by atoms with Gasteiger partial charge in [-0.25, -0.2) is 9.59 Å². The molecule has 0 saturated heterocycles. The number of carboxylic acids is 2. The Bertz CT molecular complexity index is 746. The Balaban J connectivity index is 2.33. The van der Waals surface area contributed by atoms with Gasteiger partial charge in [-0.05, 0) is 12.5 Å². The van der Waals surface area contributed by atoms with E-state index in [1.807, 2.05) is 35.8 Å². The molecular weight excluding hydrogens is 290 g/mol. The van der Waals surface area contributed by atoms with E-state index in [9.17, 15) is 19.8 Å². The molecule has 0 aliphatic carbocycles.